The fourth-order valence-corrected chi connectivity index (χ4v) is 3.69. The van der Waals surface area contributed by atoms with Crippen molar-refractivity contribution in [3.05, 3.63) is 54.6 Å². The number of carboxylic acid groups (broad SMARTS) is 1. The van der Waals surface area contributed by atoms with E-state index in [0.717, 1.165) is 24.3 Å². The number of carbonyl (C=O) groups is 1. The van der Waals surface area contributed by atoms with Gasteiger partial charge in [-0.25, -0.2) is 13.2 Å². The Kier molecular flexibility index (Phi) is 5.66. The van der Waals surface area contributed by atoms with Crippen molar-refractivity contribution in [2.45, 2.75) is 16.2 Å². The number of hydrogen-bond donors (Lipinski definition) is 2. The van der Waals surface area contributed by atoms with Gasteiger partial charge in [-0.05, 0) is 36.4 Å². The maximum Gasteiger partial charge on any atom is 0.573 e. The van der Waals surface area contributed by atoms with Gasteiger partial charge in [0.05, 0.1) is 11.4 Å². The molecule has 0 aromatic heterocycles. The van der Waals surface area contributed by atoms with Gasteiger partial charge in [0.2, 0.25) is 9.84 Å². The van der Waals surface area contributed by atoms with Crippen LogP contribution in [0.1, 0.15) is 0 Å². The fourth-order valence-electron chi connectivity index (χ4n) is 2.14. The molecule has 0 bridgehead atoms. The van der Waals surface area contributed by atoms with E-state index in [9.17, 15) is 31.5 Å². The van der Waals surface area contributed by atoms with E-state index in [-0.39, 0.29) is 10.6 Å². The van der Waals surface area contributed by atoms with E-state index in [1.54, 1.807) is 0 Å². The highest BCUT2D eigenvalue weighted by atomic mass is 32.2. The van der Waals surface area contributed by atoms with Crippen molar-refractivity contribution in [1.82, 2.24) is 0 Å². The molecule has 2 rings (SSSR count). The molecule has 0 spiro atoms. The van der Waals surface area contributed by atoms with E-state index >= 15 is 0 Å². The Balaban J connectivity index is 2.42. The van der Waals surface area contributed by atoms with Gasteiger partial charge in [-0.2, -0.15) is 0 Å². The Morgan fingerprint density at radius 1 is 0.963 bits per heavy atom. The summed E-state index contributed by atoms with van der Waals surface area (Å²) in [6, 6.07) is 10.2. The summed E-state index contributed by atoms with van der Waals surface area (Å²) in [6.45, 7) is -0.944. The zero-order chi connectivity index (χ0) is 20.3. The van der Waals surface area contributed by atoms with Crippen LogP contribution in [-0.2, 0) is 14.6 Å². The lowest BCUT2D eigenvalue weighted by Gasteiger charge is -2.28. The topological polar surface area (TPSA) is 116 Å². The van der Waals surface area contributed by atoms with Crippen LogP contribution >= 0.6 is 0 Å². The standard InChI is InChI=1S/C16H14F3NO6S/c17-16(18,19)26-12-8-6-11(7-9-12)25-15(10-20,14(21)22)27(23,24)13-4-2-1-3-5-13/h1-9H,10,20H2,(H,21,22). The average molecular weight is 405 g/mol. The smallest absolute Gasteiger partial charge is 0.477 e. The molecule has 0 aliphatic heterocycles. The van der Waals surface area contributed by atoms with Gasteiger partial charge in [0.25, 0.3) is 0 Å². The van der Waals surface area contributed by atoms with Crippen molar-refractivity contribution < 1.29 is 41.0 Å². The zero-order valence-electron chi connectivity index (χ0n) is 13.5. The second kappa shape index (κ2) is 7.45. The van der Waals surface area contributed by atoms with Crippen LogP contribution in [0.5, 0.6) is 11.5 Å². The van der Waals surface area contributed by atoms with Gasteiger partial charge in [-0.1, -0.05) is 18.2 Å². The normalized spacial score (nSPS) is 14.2. The van der Waals surface area contributed by atoms with Crippen molar-refractivity contribution in [2.24, 2.45) is 5.73 Å². The Hall–Kier alpha value is -2.79. The third-order valence-corrected chi connectivity index (χ3v) is 5.61. The third kappa shape index (κ3) is 4.31. The Morgan fingerprint density at radius 2 is 1.44 bits per heavy atom. The van der Waals surface area contributed by atoms with Crippen LogP contribution in [0.2, 0.25) is 0 Å². The molecule has 11 heteroatoms. The van der Waals surface area contributed by atoms with Crippen LogP contribution < -0.4 is 15.2 Å². The first-order chi connectivity index (χ1) is 12.5. The van der Waals surface area contributed by atoms with E-state index in [1.165, 1.54) is 30.3 Å². The van der Waals surface area contributed by atoms with Crippen LogP contribution in [0, 0.1) is 0 Å². The quantitative estimate of drug-likeness (QED) is 0.725. The highest BCUT2D eigenvalue weighted by Crippen LogP contribution is 2.31. The number of hydrogen-bond acceptors (Lipinski definition) is 6. The summed E-state index contributed by atoms with van der Waals surface area (Å²) in [5.74, 6) is -2.78. The highest BCUT2D eigenvalue weighted by Gasteiger charge is 2.54. The SMILES string of the molecule is NCC(Oc1ccc(OC(F)(F)F)cc1)(C(=O)O)S(=O)(=O)c1ccccc1. The fraction of sp³-hybridized carbons (Fsp3) is 0.188. The molecule has 2 aromatic carbocycles. The second-order valence-electron chi connectivity index (χ2n) is 5.20. The number of halogens is 3. The molecule has 2 aromatic rings. The van der Waals surface area contributed by atoms with Gasteiger partial charge in [-0.3, -0.25) is 0 Å². The number of alkyl halides is 3. The van der Waals surface area contributed by atoms with Crippen molar-refractivity contribution in [3.63, 3.8) is 0 Å². The summed E-state index contributed by atoms with van der Waals surface area (Å²) in [6.07, 6.45) is -4.92. The zero-order valence-corrected chi connectivity index (χ0v) is 14.3. The molecule has 1 unspecified atom stereocenters. The lowest BCUT2D eigenvalue weighted by atomic mass is 10.3. The number of nitrogens with two attached hydrogens (primary N) is 1. The lowest BCUT2D eigenvalue weighted by Crippen LogP contribution is -2.57. The average Bonchev–Trinajstić information content (AvgIpc) is 2.60. The molecule has 0 aliphatic carbocycles. The highest BCUT2D eigenvalue weighted by molar-refractivity contribution is 7.93. The molecule has 27 heavy (non-hydrogen) atoms. The number of aliphatic carboxylic acids is 1. The molecule has 146 valence electrons. The minimum atomic E-state index is -4.92. The van der Waals surface area contributed by atoms with Crippen molar-refractivity contribution >= 4 is 15.8 Å². The van der Waals surface area contributed by atoms with Crippen molar-refractivity contribution in [1.29, 1.82) is 0 Å². The summed E-state index contributed by atoms with van der Waals surface area (Å²) in [4.78, 5) is 8.56. The van der Waals surface area contributed by atoms with Gasteiger partial charge in [0.1, 0.15) is 11.5 Å². The minimum absolute atomic E-state index is 0.322. The third-order valence-electron chi connectivity index (χ3n) is 3.42. The van der Waals surface area contributed by atoms with Crippen LogP contribution in [0.15, 0.2) is 59.5 Å². The van der Waals surface area contributed by atoms with Gasteiger partial charge in [0, 0.05) is 0 Å². The predicted molar refractivity (Wildman–Crippen MR) is 86.8 cm³/mol. The van der Waals surface area contributed by atoms with Crippen LogP contribution in [0.25, 0.3) is 0 Å². The lowest BCUT2D eigenvalue weighted by molar-refractivity contribution is -0.274. The van der Waals surface area contributed by atoms with Gasteiger partial charge in [0.15, 0.2) is 0 Å². The predicted octanol–water partition coefficient (Wildman–Crippen LogP) is 2.18. The number of rotatable bonds is 7. The van der Waals surface area contributed by atoms with Crippen LogP contribution in [-0.4, -0.2) is 37.3 Å². The van der Waals surface area contributed by atoms with Gasteiger partial charge in [-0.15, -0.1) is 13.2 Å². The van der Waals surface area contributed by atoms with Gasteiger partial charge < -0.3 is 20.3 Å². The van der Waals surface area contributed by atoms with Crippen molar-refractivity contribution in [3.8, 4) is 11.5 Å². The molecule has 0 aliphatic rings. The van der Waals surface area contributed by atoms with Crippen molar-refractivity contribution in [2.75, 3.05) is 6.54 Å². The molecule has 0 radical (unpaired) electrons. The molecule has 0 fully saturated rings. The maximum atomic E-state index is 12.8. The van der Waals surface area contributed by atoms with Crippen LogP contribution in [0.4, 0.5) is 13.2 Å². The summed E-state index contributed by atoms with van der Waals surface area (Å²) in [7, 11) is -4.61. The first kappa shape index (κ1) is 20.5. The Labute approximate surface area is 152 Å². The van der Waals surface area contributed by atoms with E-state index in [0.29, 0.717) is 0 Å². The molecule has 7 nitrogen and oxygen atoms in total. The molecule has 0 saturated heterocycles. The Bertz CT molecular complexity index is 900. The number of benzene rings is 2. The molecule has 0 saturated carbocycles. The van der Waals surface area contributed by atoms with E-state index in [4.69, 9.17) is 10.5 Å². The minimum Gasteiger partial charge on any atom is -0.477 e. The first-order valence-corrected chi connectivity index (χ1v) is 8.78. The summed E-state index contributed by atoms with van der Waals surface area (Å²) in [5, 5.41) is 9.53. The monoisotopic (exact) mass is 405 g/mol. The number of sulfone groups is 1. The molecule has 1 atom stereocenters. The maximum absolute atomic E-state index is 12.8. The van der Waals surface area contributed by atoms with E-state index in [1.807, 2.05) is 0 Å². The second-order valence-corrected chi connectivity index (χ2v) is 7.34. The molecular formula is C16H14F3NO6S. The molecule has 3 N–H and O–H groups in total. The molecule has 0 heterocycles. The molecule has 0 amide bonds. The first-order valence-electron chi connectivity index (χ1n) is 7.30. The summed E-state index contributed by atoms with van der Waals surface area (Å²) >= 11 is 0. The van der Waals surface area contributed by atoms with Crippen LogP contribution in [0.3, 0.4) is 0 Å². The number of carboxylic acids is 1. The van der Waals surface area contributed by atoms with E-state index in [2.05, 4.69) is 4.74 Å². The molecular weight excluding hydrogens is 391 g/mol. The van der Waals surface area contributed by atoms with E-state index < -0.39 is 39.4 Å². The summed E-state index contributed by atoms with van der Waals surface area (Å²) in [5.41, 5.74) is 5.43. The largest absolute Gasteiger partial charge is 0.573 e. The van der Waals surface area contributed by atoms with Gasteiger partial charge >= 0.3 is 17.3 Å². The Morgan fingerprint density at radius 3 is 1.85 bits per heavy atom. The summed E-state index contributed by atoms with van der Waals surface area (Å²) < 4.78 is 71.1. The number of ether oxygens (including phenoxy) is 2.